The molecule has 0 aliphatic carbocycles. The molecule has 8 heteroatoms. The molecule has 0 amide bonds. The second-order valence-corrected chi connectivity index (χ2v) is 5.57. The van der Waals surface area contributed by atoms with Gasteiger partial charge in [0.1, 0.15) is 5.75 Å². The molecule has 2 rings (SSSR count). The number of esters is 1. The third kappa shape index (κ3) is 3.79. The number of phenolic OH excluding ortho intramolecular Hbond substituents is 1. The third-order valence-corrected chi connectivity index (χ3v) is 4.18. The summed E-state index contributed by atoms with van der Waals surface area (Å²) in [4.78, 5) is 22.6. The summed E-state index contributed by atoms with van der Waals surface area (Å²) in [5.74, 6) is -0.647. The highest BCUT2D eigenvalue weighted by atomic mass is 32.2. The number of aromatic hydroxyl groups is 1. The number of carbonyl (C=O) groups is 1. The van der Waals surface area contributed by atoms with Crippen molar-refractivity contribution in [3.8, 4) is 5.75 Å². The summed E-state index contributed by atoms with van der Waals surface area (Å²) in [5, 5.41) is 30.2. The van der Waals surface area contributed by atoms with Crippen LogP contribution in [0.1, 0.15) is 15.9 Å². The number of aliphatic hydroxyl groups excluding tert-OH is 1. The smallest absolute Gasteiger partial charge is 0.337 e. The Hall–Kier alpha value is -2.58. The standard InChI is InChI=1S/C15H13NO6S/c1-22-15(19)9-3-5-12(18)14(6-9)23-13-7-11(16(20)21)4-2-10(13)8-17/h2-7,17-18H,8H2,1H3. The van der Waals surface area contributed by atoms with E-state index in [1.54, 1.807) is 0 Å². The summed E-state index contributed by atoms with van der Waals surface area (Å²) in [6.45, 7) is -0.308. The Kier molecular flexibility index (Phi) is 5.20. The summed E-state index contributed by atoms with van der Waals surface area (Å²) in [6.07, 6.45) is 0. The largest absolute Gasteiger partial charge is 0.507 e. The molecule has 2 aromatic carbocycles. The van der Waals surface area contributed by atoms with Gasteiger partial charge in [-0.3, -0.25) is 10.1 Å². The van der Waals surface area contributed by atoms with E-state index in [0.717, 1.165) is 11.8 Å². The zero-order chi connectivity index (χ0) is 17.0. The van der Waals surface area contributed by atoms with E-state index in [-0.39, 0.29) is 23.6 Å². The Morgan fingerprint density at radius 1 is 1.26 bits per heavy atom. The van der Waals surface area contributed by atoms with E-state index in [9.17, 15) is 25.1 Å². The number of nitro benzene ring substituents is 1. The van der Waals surface area contributed by atoms with Crippen LogP contribution in [0.25, 0.3) is 0 Å². The highest BCUT2D eigenvalue weighted by molar-refractivity contribution is 7.99. The fourth-order valence-corrected chi connectivity index (χ4v) is 2.88. The van der Waals surface area contributed by atoms with Crippen LogP contribution < -0.4 is 0 Å². The van der Waals surface area contributed by atoms with E-state index < -0.39 is 10.9 Å². The second kappa shape index (κ2) is 7.12. The first-order valence-corrected chi connectivity index (χ1v) is 7.25. The molecule has 0 saturated carbocycles. The number of carbonyl (C=O) groups excluding carboxylic acids is 1. The van der Waals surface area contributed by atoms with E-state index in [1.165, 1.54) is 43.5 Å². The molecule has 7 nitrogen and oxygen atoms in total. The van der Waals surface area contributed by atoms with Gasteiger partial charge in [0.15, 0.2) is 0 Å². The molecule has 0 aliphatic rings. The lowest BCUT2D eigenvalue weighted by Crippen LogP contribution is -2.00. The number of aliphatic hydroxyl groups is 1. The Morgan fingerprint density at radius 2 is 2.00 bits per heavy atom. The van der Waals surface area contributed by atoms with Gasteiger partial charge in [-0.1, -0.05) is 11.8 Å². The SMILES string of the molecule is COC(=O)c1ccc(O)c(Sc2cc([N+](=O)[O-])ccc2CO)c1. The average Bonchev–Trinajstić information content (AvgIpc) is 2.55. The summed E-state index contributed by atoms with van der Waals surface area (Å²) in [6, 6.07) is 8.21. The van der Waals surface area contributed by atoms with Crippen molar-refractivity contribution in [1.29, 1.82) is 0 Å². The molecule has 23 heavy (non-hydrogen) atoms. The Bertz CT molecular complexity index is 762. The molecule has 0 heterocycles. The Balaban J connectivity index is 2.43. The number of nitro groups is 1. The van der Waals surface area contributed by atoms with Crippen LogP contribution in [0.15, 0.2) is 46.2 Å². The van der Waals surface area contributed by atoms with Crippen molar-refractivity contribution in [2.75, 3.05) is 7.11 Å². The number of phenols is 1. The maximum absolute atomic E-state index is 11.6. The maximum atomic E-state index is 11.6. The highest BCUT2D eigenvalue weighted by Crippen LogP contribution is 2.38. The normalized spacial score (nSPS) is 10.3. The molecule has 0 saturated heterocycles. The quantitative estimate of drug-likeness (QED) is 0.491. The monoisotopic (exact) mass is 335 g/mol. The first kappa shape index (κ1) is 16.8. The van der Waals surface area contributed by atoms with Crippen molar-refractivity contribution in [2.45, 2.75) is 16.4 Å². The van der Waals surface area contributed by atoms with Gasteiger partial charge in [0.05, 0.1) is 29.1 Å². The van der Waals surface area contributed by atoms with Crippen LogP contribution in [0.5, 0.6) is 5.75 Å². The lowest BCUT2D eigenvalue weighted by molar-refractivity contribution is -0.385. The first-order valence-electron chi connectivity index (χ1n) is 6.43. The van der Waals surface area contributed by atoms with Crippen LogP contribution in [0.2, 0.25) is 0 Å². The highest BCUT2D eigenvalue weighted by Gasteiger charge is 2.15. The molecular weight excluding hydrogens is 322 g/mol. The van der Waals surface area contributed by atoms with E-state index in [4.69, 9.17) is 0 Å². The zero-order valence-corrected chi connectivity index (χ0v) is 12.9. The Labute approximate surface area is 135 Å². The van der Waals surface area contributed by atoms with Crippen molar-refractivity contribution in [1.82, 2.24) is 0 Å². The van der Waals surface area contributed by atoms with Crippen LogP contribution in [0.4, 0.5) is 5.69 Å². The van der Waals surface area contributed by atoms with Crippen LogP contribution in [-0.4, -0.2) is 28.2 Å². The van der Waals surface area contributed by atoms with Crippen molar-refractivity contribution < 1.29 is 24.7 Å². The summed E-state index contributed by atoms with van der Waals surface area (Å²) in [5.41, 5.74) is 0.584. The van der Waals surface area contributed by atoms with Gasteiger partial charge in [-0.15, -0.1) is 0 Å². The maximum Gasteiger partial charge on any atom is 0.337 e. The molecular formula is C15H13NO6S. The number of hydrogen-bond acceptors (Lipinski definition) is 7. The van der Waals surface area contributed by atoms with Gasteiger partial charge < -0.3 is 14.9 Å². The second-order valence-electron chi connectivity index (χ2n) is 4.48. The molecule has 0 aromatic heterocycles. The molecule has 0 unspecified atom stereocenters. The predicted octanol–water partition coefficient (Wildman–Crippen LogP) is 2.73. The molecule has 0 aliphatic heterocycles. The summed E-state index contributed by atoms with van der Waals surface area (Å²) in [7, 11) is 1.24. The van der Waals surface area contributed by atoms with Gasteiger partial charge in [0.25, 0.3) is 5.69 Å². The van der Waals surface area contributed by atoms with Crippen molar-refractivity contribution in [3.05, 3.63) is 57.6 Å². The number of methoxy groups -OCH3 is 1. The van der Waals surface area contributed by atoms with Gasteiger partial charge in [-0.25, -0.2) is 4.79 Å². The zero-order valence-electron chi connectivity index (χ0n) is 12.1. The number of non-ortho nitro benzene ring substituents is 1. The van der Waals surface area contributed by atoms with Crippen LogP contribution in [0.3, 0.4) is 0 Å². The minimum absolute atomic E-state index is 0.0851. The topological polar surface area (TPSA) is 110 Å². The molecule has 0 fully saturated rings. The van der Waals surface area contributed by atoms with Crippen LogP contribution >= 0.6 is 11.8 Å². The van der Waals surface area contributed by atoms with Crippen molar-refractivity contribution >= 4 is 23.4 Å². The van der Waals surface area contributed by atoms with Crippen molar-refractivity contribution in [3.63, 3.8) is 0 Å². The number of nitrogens with zero attached hydrogens (tertiary/aromatic N) is 1. The molecule has 0 radical (unpaired) electrons. The van der Waals surface area contributed by atoms with E-state index in [2.05, 4.69) is 4.74 Å². The lowest BCUT2D eigenvalue weighted by Gasteiger charge is -2.09. The van der Waals surface area contributed by atoms with Gasteiger partial charge >= 0.3 is 5.97 Å². The van der Waals surface area contributed by atoms with Crippen LogP contribution in [0, 0.1) is 10.1 Å². The minimum atomic E-state index is -0.562. The van der Waals surface area contributed by atoms with Gasteiger partial charge in [-0.05, 0) is 29.8 Å². The van der Waals surface area contributed by atoms with Crippen molar-refractivity contribution in [2.24, 2.45) is 0 Å². The number of hydrogen-bond donors (Lipinski definition) is 2. The van der Waals surface area contributed by atoms with E-state index in [1.807, 2.05) is 0 Å². The van der Waals surface area contributed by atoms with E-state index in [0.29, 0.717) is 15.4 Å². The fourth-order valence-electron chi connectivity index (χ4n) is 1.84. The summed E-state index contributed by atoms with van der Waals surface area (Å²) >= 11 is 1.02. The minimum Gasteiger partial charge on any atom is -0.507 e. The van der Waals surface area contributed by atoms with Crippen LogP contribution in [-0.2, 0) is 11.3 Å². The molecule has 2 aromatic rings. The third-order valence-electron chi connectivity index (χ3n) is 3.03. The first-order chi connectivity index (χ1) is 11.0. The lowest BCUT2D eigenvalue weighted by atomic mass is 10.2. The molecule has 0 spiro atoms. The number of benzene rings is 2. The molecule has 120 valence electrons. The predicted molar refractivity (Wildman–Crippen MR) is 82.6 cm³/mol. The Morgan fingerprint density at radius 3 is 2.61 bits per heavy atom. The van der Waals surface area contributed by atoms with Gasteiger partial charge in [0.2, 0.25) is 0 Å². The molecule has 2 N–H and O–H groups in total. The van der Waals surface area contributed by atoms with Gasteiger partial charge in [0, 0.05) is 17.0 Å². The molecule has 0 bridgehead atoms. The van der Waals surface area contributed by atoms with E-state index >= 15 is 0 Å². The fraction of sp³-hybridized carbons (Fsp3) is 0.133. The molecule has 0 atom stereocenters. The number of rotatable bonds is 5. The summed E-state index contributed by atoms with van der Waals surface area (Å²) < 4.78 is 4.62. The average molecular weight is 335 g/mol. The number of ether oxygens (including phenoxy) is 1. The van der Waals surface area contributed by atoms with Gasteiger partial charge in [-0.2, -0.15) is 0 Å².